The van der Waals surface area contributed by atoms with Crippen molar-refractivity contribution in [3.8, 4) is 5.75 Å². The predicted molar refractivity (Wildman–Crippen MR) is 92.3 cm³/mol. The van der Waals surface area contributed by atoms with Crippen molar-refractivity contribution in [2.24, 2.45) is 0 Å². The van der Waals surface area contributed by atoms with Gasteiger partial charge in [-0.25, -0.2) is 0 Å². The summed E-state index contributed by atoms with van der Waals surface area (Å²) in [5.74, 6) is 0.0485. The second-order valence-electron chi connectivity index (χ2n) is 5.66. The number of fused-ring (bicyclic) bond motifs is 1. The molecule has 3 aromatic carbocycles. The number of phenolic OH excluding ortho intramolecular Hbond substituents is 1. The van der Waals surface area contributed by atoms with Crippen molar-refractivity contribution in [3.05, 3.63) is 77.9 Å². The molecule has 1 amide bonds. The Morgan fingerprint density at radius 2 is 1.70 bits per heavy atom. The summed E-state index contributed by atoms with van der Waals surface area (Å²) in [5.41, 5.74) is 1.73. The zero-order valence-corrected chi connectivity index (χ0v) is 13.0. The number of rotatable bonds is 4. The van der Waals surface area contributed by atoms with Crippen LogP contribution in [0, 0.1) is 0 Å². The van der Waals surface area contributed by atoms with Crippen LogP contribution in [0.4, 0.5) is 0 Å². The van der Waals surface area contributed by atoms with Crippen LogP contribution in [0.2, 0.25) is 0 Å². The summed E-state index contributed by atoms with van der Waals surface area (Å²) in [6.45, 7) is 1.98. The van der Waals surface area contributed by atoms with E-state index in [0.29, 0.717) is 5.56 Å². The second-order valence-corrected chi connectivity index (χ2v) is 5.66. The highest BCUT2D eigenvalue weighted by Crippen LogP contribution is 2.24. The molecule has 0 bridgehead atoms. The lowest BCUT2D eigenvalue weighted by atomic mass is 9.99. The lowest BCUT2D eigenvalue weighted by Crippen LogP contribution is -2.28. The zero-order valence-electron chi connectivity index (χ0n) is 13.0. The van der Waals surface area contributed by atoms with Crippen molar-refractivity contribution in [2.75, 3.05) is 0 Å². The monoisotopic (exact) mass is 305 g/mol. The Hall–Kier alpha value is -2.81. The Labute approximate surface area is 135 Å². The maximum Gasteiger partial charge on any atom is 0.225 e. The SMILES string of the molecule is CC(NC(=O)Cc1ccccc1O)c1cccc2ccccc12. The van der Waals surface area contributed by atoms with E-state index in [2.05, 4.69) is 23.5 Å². The highest BCUT2D eigenvalue weighted by Gasteiger charge is 2.13. The fourth-order valence-electron chi connectivity index (χ4n) is 2.83. The number of benzene rings is 3. The number of hydrogen-bond donors (Lipinski definition) is 2. The number of aromatic hydroxyl groups is 1. The number of amides is 1. The maximum atomic E-state index is 12.3. The fraction of sp³-hybridized carbons (Fsp3) is 0.150. The van der Waals surface area contributed by atoms with E-state index in [1.807, 2.05) is 37.3 Å². The van der Waals surface area contributed by atoms with Gasteiger partial charge in [0.05, 0.1) is 12.5 Å². The van der Waals surface area contributed by atoms with Crippen molar-refractivity contribution in [1.82, 2.24) is 5.32 Å². The van der Waals surface area contributed by atoms with Crippen molar-refractivity contribution in [3.63, 3.8) is 0 Å². The largest absolute Gasteiger partial charge is 0.508 e. The molecule has 0 fully saturated rings. The molecule has 3 heteroatoms. The van der Waals surface area contributed by atoms with Gasteiger partial charge in [0, 0.05) is 5.56 Å². The number of para-hydroxylation sites is 1. The van der Waals surface area contributed by atoms with Crippen molar-refractivity contribution in [1.29, 1.82) is 0 Å². The van der Waals surface area contributed by atoms with Gasteiger partial charge in [-0.3, -0.25) is 4.79 Å². The Morgan fingerprint density at radius 3 is 2.52 bits per heavy atom. The predicted octanol–water partition coefficient (Wildman–Crippen LogP) is 3.97. The molecule has 0 saturated heterocycles. The third kappa shape index (κ3) is 3.34. The number of phenols is 1. The van der Waals surface area contributed by atoms with E-state index >= 15 is 0 Å². The molecule has 3 nitrogen and oxygen atoms in total. The second kappa shape index (κ2) is 6.53. The van der Waals surface area contributed by atoms with Crippen LogP contribution in [-0.4, -0.2) is 11.0 Å². The molecule has 116 valence electrons. The molecule has 0 saturated carbocycles. The molecule has 0 spiro atoms. The molecule has 0 aliphatic carbocycles. The molecule has 3 aromatic rings. The molecule has 0 radical (unpaired) electrons. The van der Waals surface area contributed by atoms with Gasteiger partial charge in [-0.15, -0.1) is 0 Å². The summed E-state index contributed by atoms with van der Waals surface area (Å²) < 4.78 is 0. The Balaban J connectivity index is 1.77. The molecule has 3 rings (SSSR count). The fourth-order valence-corrected chi connectivity index (χ4v) is 2.83. The highest BCUT2D eigenvalue weighted by molar-refractivity contribution is 5.87. The first-order valence-corrected chi connectivity index (χ1v) is 7.69. The average molecular weight is 305 g/mol. The molecule has 23 heavy (non-hydrogen) atoms. The lowest BCUT2D eigenvalue weighted by molar-refractivity contribution is -0.121. The zero-order chi connectivity index (χ0) is 16.2. The Morgan fingerprint density at radius 1 is 1.00 bits per heavy atom. The molecule has 0 aromatic heterocycles. The molecular formula is C20H19NO2. The maximum absolute atomic E-state index is 12.3. The van der Waals surface area contributed by atoms with Crippen LogP contribution >= 0.6 is 0 Å². The van der Waals surface area contributed by atoms with E-state index in [-0.39, 0.29) is 24.1 Å². The first kappa shape index (κ1) is 15.1. The van der Waals surface area contributed by atoms with Gasteiger partial charge >= 0.3 is 0 Å². The highest BCUT2D eigenvalue weighted by atomic mass is 16.3. The van der Waals surface area contributed by atoms with E-state index < -0.39 is 0 Å². The summed E-state index contributed by atoms with van der Waals surface area (Å²) in [4.78, 5) is 12.3. The number of hydrogen-bond acceptors (Lipinski definition) is 2. The lowest BCUT2D eigenvalue weighted by Gasteiger charge is -2.17. The van der Waals surface area contributed by atoms with Crippen molar-refractivity contribution in [2.45, 2.75) is 19.4 Å². The minimum absolute atomic E-state index is 0.0977. The molecule has 0 aliphatic heterocycles. The van der Waals surface area contributed by atoms with Gasteiger partial charge in [0.15, 0.2) is 0 Å². The Kier molecular flexibility index (Phi) is 4.29. The summed E-state index contributed by atoms with van der Waals surface area (Å²) >= 11 is 0. The van der Waals surface area contributed by atoms with E-state index in [1.165, 1.54) is 0 Å². The van der Waals surface area contributed by atoms with E-state index in [0.717, 1.165) is 16.3 Å². The van der Waals surface area contributed by atoms with Crippen LogP contribution in [0.3, 0.4) is 0 Å². The van der Waals surface area contributed by atoms with E-state index in [9.17, 15) is 9.90 Å². The van der Waals surface area contributed by atoms with Gasteiger partial charge < -0.3 is 10.4 Å². The summed E-state index contributed by atoms with van der Waals surface area (Å²) in [6.07, 6.45) is 0.168. The van der Waals surface area contributed by atoms with Gasteiger partial charge in [0.2, 0.25) is 5.91 Å². The summed E-state index contributed by atoms with van der Waals surface area (Å²) in [5, 5.41) is 15.1. The molecule has 1 unspecified atom stereocenters. The third-order valence-electron chi connectivity index (χ3n) is 4.01. The summed E-state index contributed by atoms with van der Waals surface area (Å²) in [7, 11) is 0. The Bertz CT molecular complexity index is 836. The first-order valence-electron chi connectivity index (χ1n) is 7.69. The molecule has 0 aliphatic rings. The van der Waals surface area contributed by atoms with Gasteiger partial charge in [0.25, 0.3) is 0 Å². The van der Waals surface area contributed by atoms with Crippen LogP contribution in [-0.2, 0) is 11.2 Å². The van der Waals surface area contributed by atoms with Gasteiger partial charge in [0.1, 0.15) is 5.75 Å². The van der Waals surface area contributed by atoms with E-state index in [1.54, 1.807) is 18.2 Å². The number of nitrogens with one attached hydrogen (secondary N) is 1. The number of carbonyl (C=O) groups excluding carboxylic acids is 1. The quantitative estimate of drug-likeness (QED) is 0.766. The van der Waals surface area contributed by atoms with E-state index in [4.69, 9.17) is 0 Å². The normalized spacial score (nSPS) is 12.0. The number of carbonyl (C=O) groups is 1. The van der Waals surface area contributed by atoms with Crippen LogP contribution in [0.15, 0.2) is 66.7 Å². The minimum Gasteiger partial charge on any atom is -0.508 e. The molecular weight excluding hydrogens is 286 g/mol. The van der Waals surface area contributed by atoms with Crippen LogP contribution in [0.5, 0.6) is 5.75 Å². The first-order chi connectivity index (χ1) is 11.1. The third-order valence-corrected chi connectivity index (χ3v) is 4.01. The standard InChI is InChI=1S/C20H19NO2/c1-14(17-11-6-9-15-7-2-4-10-18(15)17)21-20(23)13-16-8-3-5-12-19(16)22/h2-12,14,22H,13H2,1H3,(H,21,23). The van der Waals surface area contributed by atoms with Crippen LogP contribution in [0.25, 0.3) is 10.8 Å². The van der Waals surface area contributed by atoms with Gasteiger partial charge in [-0.1, -0.05) is 60.7 Å². The van der Waals surface area contributed by atoms with Crippen molar-refractivity contribution >= 4 is 16.7 Å². The summed E-state index contributed by atoms with van der Waals surface area (Å²) in [6, 6.07) is 21.1. The van der Waals surface area contributed by atoms with Crippen LogP contribution < -0.4 is 5.32 Å². The van der Waals surface area contributed by atoms with Gasteiger partial charge in [-0.05, 0) is 29.3 Å². The molecule has 1 atom stereocenters. The van der Waals surface area contributed by atoms with Gasteiger partial charge in [-0.2, -0.15) is 0 Å². The minimum atomic E-state index is -0.105. The van der Waals surface area contributed by atoms with Crippen molar-refractivity contribution < 1.29 is 9.90 Å². The molecule has 0 heterocycles. The topological polar surface area (TPSA) is 49.3 Å². The molecule has 2 N–H and O–H groups in total. The smallest absolute Gasteiger partial charge is 0.225 e. The van der Waals surface area contributed by atoms with Crippen LogP contribution in [0.1, 0.15) is 24.1 Å². The average Bonchev–Trinajstić information content (AvgIpc) is 2.56.